The predicted octanol–water partition coefficient (Wildman–Crippen LogP) is 2.56. The zero-order valence-electron chi connectivity index (χ0n) is 15.7. The predicted molar refractivity (Wildman–Crippen MR) is 101 cm³/mol. The molecule has 8 nitrogen and oxygen atoms in total. The van der Waals surface area contributed by atoms with Gasteiger partial charge in [-0.3, -0.25) is 4.79 Å². The van der Waals surface area contributed by atoms with Crippen LogP contribution in [0.3, 0.4) is 0 Å². The Bertz CT molecular complexity index is 959. The van der Waals surface area contributed by atoms with Gasteiger partial charge in [0.15, 0.2) is 6.10 Å². The highest BCUT2D eigenvalue weighted by Crippen LogP contribution is 2.22. The molecule has 2 aromatic rings. The van der Waals surface area contributed by atoms with E-state index in [9.17, 15) is 18.0 Å². The second-order valence-electron chi connectivity index (χ2n) is 6.56. The highest BCUT2D eigenvalue weighted by molar-refractivity contribution is 7.89. The van der Waals surface area contributed by atoms with Crippen LogP contribution in [0.1, 0.15) is 35.9 Å². The van der Waals surface area contributed by atoms with E-state index in [1.807, 2.05) is 0 Å². The SMILES string of the molecule is Cc1occc1C(=O)O[C@H](C)C(=O)Nc1ccc(S(=O)(=O)N2CCCC2)cc1. The van der Waals surface area contributed by atoms with E-state index in [0.29, 0.717) is 24.5 Å². The van der Waals surface area contributed by atoms with Gasteiger partial charge >= 0.3 is 5.97 Å². The summed E-state index contributed by atoms with van der Waals surface area (Å²) >= 11 is 0. The molecule has 150 valence electrons. The molecule has 2 heterocycles. The Morgan fingerprint density at radius 3 is 2.36 bits per heavy atom. The molecule has 0 unspecified atom stereocenters. The fourth-order valence-electron chi connectivity index (χ4n) is 2.91. The molecule has 3 rings (SSSR count). The third kappa shape index (κ3) is 4.26. The smallest absolute Gasteiger partial charge is 0.342 e. The molecule has 1 atom stereocenters. The van der Waals surface area contributed by atoms with Gasteiger partial charge < -0.3 is 14.5 Å². The highest BCUT2D eigenvalue weighted by atomic mass is 32.2. The van der Waals surface area contributed by atoms with Crippen molar-refractivity contribution >= 4 is 27.6 Å². The number of aryl methyl sites for hydroxylation is 1. The number of carbonyl (C=O) groups excluding carboxylic acids is 2. The quantitative estimate of drug-likeness (QED) is 0.739. The average Bonchev–Trinajstić information content (AvgIpc) is 3.34. The number of hydrogen-bond donors (Lipinski definition) is 1. The van der Waals surface area contributed by atoms with E-state index in [4.69, 9.17) is 9.15 Å². The van der Waals surface area contributed by atoms with Gasteiger partial charge in [-0.25, -0.2) is 13.2 Å². The lowest BCUT2D eigenvalue weighted by Gasteiger charge is -2.16. The summed E-state index contributed by atoms with van der Waals surface area (Å²) in [6.45, 7) is 4.13. The van der Waals surface area contributed by atoms with Crippen molar-refractivity contribution in [2.45, 2.75) is 37.7 Å². The number of nitrogens with one attached hydrogen (secondary N) is 1. The normalized spacial score (nSPS) is 15.9. The van der Waals surface area contributed by atoms with Gasteiger partial charge in [-0.2, -0.15) is 4.31 Å². The maximum Gasteiger partial charge on any atom is 0.342 e. The fraction of sp³-hybridized carbons (Fsp3) is 0.368. The molecule has 28 heavy (non-hydrogen) atoms. The minimum absolute atomic E-state index is 0.183. The van der Waals surface area contributed by atoms with Crippen LogP contribution in [0.2, 0.25) is 0 Å². The first-order chi connectivity index (χ1) is 13.3. The number of amides is 1. The van der Waals surface area contributed by atoms with Gasteiger partial charge in [0.05, 0.1) is 11.2 Å². The molecule has 0 bridgehead atoms. The fourth-order valence-corrected chi connectivity index (χ4v) is 4.42. The van der Waals surface area contributed by atoms with Crippen molar-refractivity contribution in [1.29, 1.82) is 0 Å². The van der Waals surface area contributed by atoms with E-state index < -0.39 is 28.0 Å². The molecule has 0 saturated carbocycles. The summed E-state index contributed by atoms with van der Waals surface area (Å²) in [6.07, 6.45) is 2.06. The maximum absolute atomic E-state index is 12.5. The second kappa shape index (κ2) is 8.15. The minimum Gasteiger partial charge on any atom is -0.469 e. The number of furan rings is 1. The Balaban J connectivity index is 1.61. The average molecular weight is 406 g/mol. The van der Waals surface area contributed by atoms with Crippen LogP contribution in [0.5, 0.6) is 0 Å². The first-order valence-electron chi connectivity index (χ1n) is 8.95. The molecule has 1 aromatic carbocycles. The second-order valence-corrected chi connectivity index (χ2v) is 8.50. The Labute approximate surface area is 163 Å². The summed E-state index contributed by atoms with van der Waals surface area (Å²) in [6, 6.07) is 7.40. The van der Waals surface area contributed by atoms with E-state index >= 15 is 0 Å². The van der Waals surface area contributed by atoms with E-state index in [-0.39, 0.29) is 10.5 Å². The molecule has 1 fully saturated rings. The number of ether oxygens (including phenoxy) is 1. The molecular weight excluding hydrogens is 384 g/mol. The van der Waals surface area contributed by atoms with Crippen molar-refractivity contribution < 1.29 is 27.2 Å². The van der Waals surface area contributed by atoms with Gasteiger partial charge in [0.1, 0.15) is 11.3 Å². The topological polar surface area (TPSA) is 106 Å². The van der Waals surface area contributed by atoms with Crippen LogP contribution in [0.4, 0.5) is 5.69 Å². The molecule has 0 spiro atoms. The Kier molecular flexibility index (Phi) is 5.85. The molecule has 1 saturated heterocycles. The molecule has 9 heteroatoms. The number of nitrogens with zero attached hydrogens (tertiary/aromatic N) is 1. The number of benzene rings is 1. The third-order valence-corrected chi connectivity index (χ3v) is 6.47. The van der Waals surface area contributed by atoms with Gasteiger partial charge in [-0.1, -0.05) is 0 Å². The van der Waals surface area contributed by atoms with Crippen LogP contribution < -0.4 is 5.32 Å². The summed E-state index contributed by atoms with van der Waals surface area (Å²) in [5.74, 6) is -0.766. The number of anilines is 1. The largest absolute Gasteiger partial charge is 0.469 e. The number of rotatable bonds is 6. The Morgan fingerprint density at radius 1 is 1.14 bits per heavy atom. The van der Waals surface area contributed by atoms with Crippen molar-refractivity contribution in [3.05, 3.63) is 47.9 Å². The van der Waals surface area contributed by atoms with Crippen molar-refractivity contribution in [2.24, 2.45) is 0 Å². The van der Waals surface area contributed by atoms with Crippen LogP contribution in [0.25, 0.3) is 0 Å². The van der Waals surface area contributed by atoms with Crippen LogP contribution >= 0.6 is 0 Å². The van der Waals surface area contributed by atoms with E-state index in [2.05, 4.69) is 5.32 Å². The van der Waals surface area contributed by atoms with E-state index in [1.54, 1.807) is 6.92 Å². The van der Waals surface area contributed by atoms with Crippen molar-refractivity contribution in [3.8, 4) is 0 Å². The summed E-state index contributed by atoms with van der Waals surface area (Å²) < 4.78 is 36.7. The zero-order chi connectivity index (χ0) is 20.3. The van der Waals surface area contributed by atoms with Crippen LogP contribution in [0.15, 0.2) is 45.9 Å². The lowest BCUT2D eigenvalue weighted by Crippen LogP contribution is -2.30. The number of sulfonamides is 1. The summed E-state index contributed by atoms with van der Waals surface area (Å²) in [5.41, 5.74) is 0.670. The van der Waals surface area contributed by atoms with Crippen LogP contribution in [0, 0.1) is 6.92 Å². The maximum atomic E-state index is 12.5. The van der Waals surface area contributed by atoms with Crippen molar-refractivity contribution in [3.63, 3.8) is 0 Å². The molecule has 1 N–H and O–H groups in total. The van der Waals surface area contributed by atoms with Crippen molar-refractivity contribution in [1.82, 2.24) is 4.31 Å². The molecule has 1 aromatic heterocycles. The van der Waals surface area contributed by atoms with Gasteiger partial charge in [0, 0.05) is 18.8 Å². The summed E-state index contributed by atoms with van der Waals surface area (Å²) in [5, 5.41) is 2.61. The Hall–Kier alpha value is -2.65. The first kappa shape index (κ1) is 20.1. The molecule has 0 radical (unpaired) electrons. The zero-order valence-corrected chi connectivity index (χ0v) is 16.5. The third-order valence-electron chi connectivity index (χ3n) is 4.56. The monoisotopic (exact) mass is 406 g/mol. The standard InChI is InChI=1S/C19H22N2O6S/c1-13-17(9-12-26-13)19(23)27-14(2)18(22)20-15-5-7-16(8-6-15)28(24,25)21-10-3-4-11-21/h5-9,12,14H,3-4,10-11H2,1-2H3,(H,20,22)/t14-/m1/s1. The highest BCUT2D eigenvalue weighted by Gasteiger charge is 2.27. The molecule has 1 amide bonds. The number of carbonyl (C=O) groups is 2. The first-order valence-corrected chi connectivity index (χ1v) is 10.4. The molecule has 1 aliphatic rings. The summed E-state index contributed by atoms with van der Waals surface area (Å²) in [4.78, 5) is 24.5. The lowest BCUT2D eigenvalue weighted by molar-refractivity contribution is -0.123. The molecule has 1 aliphatic heterocycles. The van der Waals surface area contributed by atoms with E-state index in [0.717, 1.165) is 12.8 Å². The number of hydrogen-bond acceptors (Lipinski definition) is 6. The molecular formula is C19H22N2O6S. The number of esters is 1. The van der Waals surface area contributed by atoms with Crippen molar-refractivity contribution in [2.75, 3.05) is 18.4 Å². The minimum atomic E-state index is -3.50. The van der Waals surface area contributed by atoms with Crippen LogP contribution in [-0.4, -0.2) is 43.8 Å². The van der Waals surface area contributed by atoms with Gasteiger partial charge in [0.2, 0.25) is 10.0 Å². The van der Waals surface area contributed by atoms with Crippen LogP contribution in [-0.2, 0) is 19.6 Å². The Morgan fingerprint density at radius 2 is 1.79 bits per heavy atom. The van der Waals surface area contributed by atoms with E-state index in [1.165, 1.54) is 47.8 Å². The van der Waals surface area contributed by atoms with Gasteiger partial charge in [0.25, 0.3) is 5.91 Å². The summed E-state index contributed by atoms with van der Waals surface area (Å²) in [7, 11) is -3.50. The van der Waals surface area contributed by atoms with Gasteiger partial charge in [-0.15, -0.1) is 0 Å². The molecule has 0 aliphatic carbocycles. The van der Waals surface area contributed by atoms with Gasteiger partial charge in [-0.05, 0) is 57.0 Å². The lowest BCUT2D eigenvalue weighted by atomic mass is 10.2.